The van der Waals surface area contributed by atoms with Crippen molar-refractivity contribution in [1.82, 2.24) is 0 Å². The molecule has 0 aliphatic heterocycles. The number of rotatable bonds is 5. The van der Waals surface area contributed by atoms with Crippen molar-refractivity contribution in [2.45, 2.75) is 13.3 Å². The standard InChI is InChI=1S/C7H12ClNO3/c1-2-12-7(11)5(3-4-8)6(9)10/h5H,2-4H2,1H3,(H2,9,10)/t5-/m1/s1. The maximum atomic E-state index is 11.0. The van der Waals surface area contributed by atoms with Crippen LogP contribution in [0.4, 0.5) is 0 Å². The van der Waals surface area contributed by atoms with Crippen LogP contribution in [0.1, 0.15) is 13.3 Å². The number of alkyl halides is 1. The van der Waals surface area contributed by atoms with Gasteiger partial charge in [0, 0.05) is 5.88 Å². The number of amides is 1. The first-order valence-corrected chi connectivity index (χ1v) is 4.18. The minimum Gasteiger partial charge on any atom is -0.465 e. The van der Waals surface area contributed by atoms with E-state index >= 15 is 0 Å². The molecule has 70 valence electrons. The summed E-state index contributed by atoms with van der Waals surface area (Å²) in [5.74, 6) is -1.96. The summed E-state index contributed by atoms with van der Waals surface area (Å²) in [6.07, 6.45) is 0.232. The molecule has 0 saturated carbocycles. The minimum atomic E-state index is -0.901. The first-order valence-electron chi connectivity index (χ1n) is 3.65. The molecule has 0 saturated heterocycles. The molecular formula is C7H12ClNO3. The van der Waals surface area contributed by atoms with Crippen LogP contribution in [0.3, 0.4) is 0 Å². The molecule has 1 atom stereocenters. The zero-order valence-electron chi connectivity index (χ0n) is 6.88. The van der Waals surface area contributed by atoms with Gasteiger partial charge in [-0.05, 0) is 13.3 Å². The summed E-state index contributed by atoms with van der Waals surface area (Å²) in [7, 11) is 0. The van der Waals surface area contributed by atoms with Crippen LogP contribution in [0, 0.1) is 5.92 Å². The highest BCUT2D eigenvalue weighted by molar-refractivity contribution is 6.18. The van der Waals surface area contributed by atoms with Crippen LogP contribution in [0.15, 0.2) is 0 Å². The molecule has 12 heavy (non-hydrogen) atoms. The number of carbonyl (C=O) groups is 2. The molecule has 0 aliphatic carbocycles. The average Bonchev–Trinajstić information content (AvgIpc) is 1.99. The maximum Gasteiger partial charge on any atom is 0.318 e. The maximum absolute atomic E-state index is 11.0. The van der Waals surface area contributed by atoms with Crippen LogP contribution in [0.25, 0.3) is 0 Å². The number of carbonyl (C=O) groups excluding carboxylic acids is 2. The Morgan fingerprint density at radius 1 is 1.58 bits per heavy atom. The molecule has 0 rings (SSSR count). The lowest BCUT2D eigenvalue weighted by atomic mass is 10.1. The SMILES string of the molecule is CCOC(=O)[C@H](CCCl)C(N)=O. The van der Waals surface area contributed by atoms with E-state index < -0.39 is 17.8 Å². The number of hydrogen-bond donors (Lipinski definition) is 1. The third kappa shape index (κ3) is 3.57. The largest absolute Gasteiger partial charge is 0.465 e. The summed E-state index contributed by atoms with van der Waals surface area (Å²) in [6.45, 7) is 1.90. The fourth-order valence-corrected chi connectivity index (χ4v) is 0.946. The zero-order chi connectivity index (χ0) is 9.56. The molecule has 0 aliphatic rings. The Kier molecular flexibility index (Phi) is 5.45. The smallest absolute Gasteiger partial charge is 0.318 e. The molecule has 0 aromatic carbocycles. The fourth-order valence-electron chi connectivity index (χ4n) is 0.728. The average molecular weight is 194 g/mol. The predicted octanol–water partition coefficient (Wildman–Crippen LogP) is 0.280. The second kappa shape index (κ2) is 5.83. The van der Waals surface area contributed by atoms with Crippen LogP contribution in [-0.2, 0) is 14.3 Å². The zero-order valence-corrected chi connectivity index (χ0v) is 7.63. The molecule has 2 N–H and O–H groups in total. The van der Waals surface area contributed by atoms with E-state index in [4.69, 9.17) is 17.3 Å². The van der Waals surface area contributed by atoms with Crippen molar-refractivity contribution >= 4 is 23.5 Å². The van der Waals surface area contributed by atoms with Crippen molar-refractivity contribution in [1.29, 1.82) is 0 Å². The van der Waals surface area contributed by atoms with Gasteiger partial charge in [0.05, 0.1) is 6.61 Å². The second-order valence-electron chi connectivity index (χ2n) is 2.18. The highest BCUT2D eigenvalue weighted by Gasteiger charge is 2.24. The van der Waals surface area contributed by atoms with Crippen molar-refractivity contribution in [2.75, 3.05) is 12.5 Å². The molecule has 0 unspecified atom stereocenters. The number of halogens is 1. The number of ether oxygens (including phenoxy) is 1. The summed E-state index contributed by atoms with van der Waals surface area (Å²) >= 11 is 5.37. The number of esters is 1. The van der Waals surface area contributed by atoms with Crippen molar-refractivity contribution in [3.63, 3.8) is 0 Å². The Labute approximate surface area is 76.0 Å². The van der Waals surface area contributed by atoms with E-state index in [2.05, 4.69) is 4.74 Å². The summed E-state index contributed by atoms with van der Waals surface area (Å²) in [5.41, 5.74) is 4.96. The van der Waals surface area contributed by atoms with Gasteiger partial charge in [-0.2, -0.15) is 0 Å². The molecule has 1 amide bonds. The summed E-state index contributed by atoms with van der Waals surface area (Å²) < 4.78 is 4.62. The van der Waals surface area contributed by atoms with Crippen LogP contribution >= 0.6 is 11.6 Å². The van der Waals surface area contributed by atoms with Gasteiger partial charge in [0.2, 0.25) is 5.91 Å². The molecule has 0 spiro atoms. The second-order valence-corrected chi connectivity index (χ2v) is 2.56. The molecule has 4 nitrogen and oxygen atoms in total. The van der Waals surface area contributed by atoms with Gasteiger partial charge >= 0.3 is 5.97 Å². The molecule has 0 heterocycles. The quantitative estimate of drug-likeness (QED) is 0.387. The van der Waals surface area contributed by atoms with Crippen molar-refractivity contribution in [2.24, 2.45) is 11.7 Å². The first-order chi connectivity index (χ1) is 5.63. The molecule has 0 aromatic rings. The summed E-state index contributed by atoms with van der Waals surface area (Å²) in [4.78, 5) is 21.7. The van der Waals surface area contributed by atoms with E-state index in [9.17, 15) is 9.59 Å². The lowest BCUT2D eigenvalue weighted by Crippen LogP contribution is -2.32. The topological polar surface area (TPSA) is 69.4 Å². The van der Waals surface area contributed by atoms with Crippen molar-refractivity contribution in [3.8, 4) is 0 Å². The Bertz CT molecular complexity index is 172. The minimum absolute atomic E-state index is 0.215. The summed E-state index contributed by atoms with van der Waals surface area (Å²) in [6, 6.07) is 0. The van der Waals surface area contributed by atoms with Gasteiger partial charge in [0.25, 0.3) is 0 Å². The van der Waals surface area contributed by atoms with Crippen LogP contribution < -0.4 is 5.73 Å². The number of nitrogens with two attached hydrogens (primary N) is 1. The lowest BCUT2D eigenvalue weighted by Gasteiger charge is -2.09. The van der Waals surface area contributed by atoms with Crippen molar-refractivity contribution in [3.05, 3.63) is 0 Å². The van der Waals surface area contributed by atoms with E-state index in [1.807, 2.05) is 0 Å². The normalized spacial score (nSPS) is 12.2. The fraction of sp³-hybridized carbons (Fsp3) is 0.714. The van der Waals surface area contributed by atoms with Gasteiger partial charge in [0.15, 0.2) is 0 Å². The molecule has 0 aromatic heterocycles. The van der Waals surface area contributed by atoms with E-state index in [1.54, 1.807) is 6.92 Å². The van der Waals surface area contributed by atoms with E-state index in [-0.39, 0.29) is 18.9 Å². The first kappa shape index (κ1) is 11.2. The highest BCUT2D eigenvalue weighted by atomic mass is 35.5. The van der Waals surface area contributed by atoms with Crippen LogP contribution in [0.5, 0.6) is 0 Å². The van der Waals surface area contributed by atoms with Crippen LogP contribution in [0.2, 0.25) is 0 Å². The monoisotopic (exact) mass is 193 g/mol. The highest BCUT2D eigenvalue weighted by Crippen LogP contribution is 2.06. The Morgan fingerprint density at radius 2 is 2.17 bits per heavy atom. The Morgan fingerprint density at radius 3 is 2.50 bits per heavy atom. The van der Waals surface area contributed by atoms with E-state index in [0.29, 0.717) is 0 Å². The summed E-state index contributed by atoms with van der Waals surface area (Å²) in [5, 5.41) is 0. The predicted molar refractivity (Wildman–Crippen MR) is 44.7 cm³/mol. The molecule has 0 radical (unpaired) electrons. The molecule has 0 bridgehead atoms. The number of primary amides is 1. The van der Waals surface area contributed by atoms with Gasteiger partial charge in [0.1, 0.15) is 5.92 Å². The molecule has 0 fully saturated rings. The Hall–Kier alpha value is -0.770. The van der Waals surface area contributed by atoms with Crippen LogP contribution in [-0.4, -0.2) is 24.4 Å². The number of hydrogen-bond acceptors (Lipinski definition) is 3. The van der Waals surface area contributed by atoms with E-state index in [0.717, 1.165) is 0 Å². The lowest BCUT2D eigenvalue weighted by molar-refractivity contribution is -0.151. The third-order valence-electron chi connectivity index (χ3n) is 1.31. The van der Waals surface area contributed by atoms with Gasteiger partial charge in [-0.25, -0.2) is 0 Å². The van der Waals surface area contributed by atoms with Gasteiger partial charge < -0.3 is 10.5 Å². The van der Waals surface area contributed by atoms with Gasteiger partial charge in [-0.15, -0.1) is 11.6 Å². The molecular weight excluding hydrogens is 182 g/mol. The van der Waals surface area contributed by atoms with E-state index in [1.165, 1.54) is 0 Å². The van der Waals surface area contributed by atoms with Gasteiger partial charge in [-0.1, -0.05) is 0 Å². The molecule has 5 heteroatoms. The van der Waals surface area contributed by atoms with Crippen molar-refractivity contribution < 1.29 is 14.3 Å². The third-order valence-corrected chi connectivity index (χ3v) is 1.53. The Balaban J connectivity index is 4.09. The van der Waals surface area contributed by atoms with Gasteiger partial charge in [-0.3, -0.25) is 9.59 Å².